The van der Waals surface area contributed by atoms with Gasteiger partial charge >= 0.3 is 11.9 Å². The molecule has 4 aliphatic rings. The zero-order chi connectivity index (χ0) is 21.2. The standard InChI is InChI=1S/C23H34O6/c1-13(24)29-15-7-9-21(2)14(11-15)5-6-16-18(21)12-19(25)22(3)17(20(26)28-4)8-10-23(16,22)27/h14-18,27H,5-12H2,1-4H3/t14-,15-,16-,17-,18+,21-,22+,23-/m0/s1. The number of fused-ring (bicyclic) bond motifs is 5. The Balaban J connectivity index is 1.64. The van der Waals surface area contributed by atoms with Gasteiger partial charge in [0.1, 0.15) is 11.9 Å². The van der Waals surface area contributed by atoms with Crippen molar-refractivity contribution in [1.82, 2.24) is 0 Å². The molecule has 0 amide bonds. The third kappa shape index (κ3) is 2.74. The molecule has 4 fully saturated rings. The van der Waals surface area contributed by atoms with Crippen molar-refractivity contribution in [3.05, 3.63) is 0 Å². The lowest BCUT2D eigenvalue weighted by atomic mass is 9.43. The van der Waals surface area contributed by atoms with E-state index in [1.807, 2.05) is 0 Å². The Morgan fingerprint density at radius 3 is 2.45 bits per heavy atom. The maximum absolute atomic E-state index is 13.5. The molecule has 0 aliphatic heterocycles. The highest BCUT2D eigenvalue weighted by atomic mass is 16.5. The first-order valence-electron chi connectivity index (χ1n) is 11.1. The Hall–Kier alpha value is -1.43. The predicted molar refractivity (Wildman–Crippen MR) is 105 cm³/mol. The number of carbonyl (C=O) groups is 3. The molecule has 29 heavy (non-hydrogen) atoms. The molecular formula is C23H34O6. The number of aliphatic hydroxyl groups is 1. The van der Waals surface area contributed by atoms with Crippen LogP contribution in [-0.4, -0.2) is 41.6 Å². The molecule has 0 spiro atoms. The summed E-state index contributed by atoms with van der Waals surface area (Å²) in [6.07, 6.45) is 5.73. The highest BCUT2D eigenvalue weighted by Gasteiger charge is 2.72. The van der Waals surface area contributed by atoms with Crippen LogP contribution in [0.3, 0.4) is 0 Å². The molecule has 0 heterocycles. The second-order valence-corrected chi connectivity index (χ2v) is 10.4. The molecule has 4 rings (SSSR count). The molecule has 4 aliphatic carbocycles. The van der Waals surface area contributed by atoms with E-state index in [1.165, 1.54) is 14.0 Å². The van der Waals surface area contributed by atoms with Gasteiger partial charge in [0.15, 0.2) is 0 Å². The molecule has 8 atom stereocenters. The Labute approximate surface area is 172 Å². The molecule has 0 aromatic heterocycles. The van der Waals surface area contributed by atoms with Crippen molar-refractivity contribution in [2.45, 2.75) is 83.8 Å². The number of ketones is 1. The van der Waals surface area contributed by atoms with Gasteiger partial charge in [0.2, 0.25) is 0 Å². The van der Waals surface area contributed by atoms with Gasteiger partial charge in [-0.2, -0.15) is 0 Å². The van der Waals surface area contributed by atoms with Crippen LogP contribution < -0.4 is 0 Å². The molecule has 162 valence electrons. The van der Waals surface area contributed by atoms with Gasteiger partial charge in [0.25, 0.3) is 0 Å². The lowest BCUT2D eigenvalue weighted by Crippen LogP contribution is -2.66. The fourth-order valence-electron chi connectivity index (χ4n) is 7.77. The molecule has 0 unspecified atom stereocenters. The monoisotopic (exact) mass is 406 g/mol. The van der Waals surface area contributed by atoms with Crippen LogP contribution in [0.25, 0.3) is 0 Å². The minimum absolute atomic E-state index is 0.0122. The van der Waals surface area contributed by atoms with E-state index in [0.717, 1.165) is 32.1 Å². The molecule has 1 N–H and O–H groups in total. The van der Waals surface area contributed by atoms with E-state index >= 15 is 0 Å². The summed E-state index contributed by atoms with van der Waals surface area (Å²) in [6, 6.07) is 0. The molecule has 0 aromatic rings. The highest BCUT2D eigenvalue weighted by Crippen LogP contribution is 2.68. The Kier molecular flexibility index (Phi) is 4.88. The fourth-order valence-corrected chi connectivity index (χ4v) is 7.77. The fraction of sp³-hybridized carbons (Fsp3) is 0.870. The van der Waals surface area contributed by atoms with Crippen LogP contribution in [0.1, 0.15) is 72.1 Å². The van der Waals surface area contributed by atoms with Gasteiger partial charge in [-0.1, -0.05) is 6.92 Å². The maximum Gasteiger partial charge on any atom is 0.309 e. The minimum atomic E-state index is -1.15. The number of hydrogen-bond donors (Lipinski definition) is 1. The summed E-state index contributed by atoms with van der Waals surface area (Å²) in [5.74, 6) is -0.635. The summed E-state index contributed by atoms with van der Waals surface area (Å²) in [6.45, 7) is 5.52. The third-order valence-corrected chi connectivity index (χ3v) is 9.47. The first-order valence-corrected chi connectivity index (χ1v) is 11.1. The van der Waals surface area contributed by atoms with Crippen molar-refractivity contribution in [2.24, 2.45) is 34.5 Å². The summed E-state index contributed by atoms with van der Waals surface area (Å²) in [7, 11) is 1.35. The average Bonchev–Trinajstić information content (AvgIpc) is 2.95. The van der Waals surface area contributed by atoms with Gasteiger partial charge in [0, 0.05) is 13.3 Å². The normalized spacial score (nSPS) is 48.9. The van der Waals surface area contributed by atoms with Gasteiger partial charge in [-0.05, 0) is 75.0 Å². The summed E-state index contributed by atoms with van der Waals surface area (Å²) >= 11 is 0. The van der Waals surface area contributed by atoms with Crippen molar-refractivity contribution in [2.75, 3.05) is 7.11 Å². The van der Waals surface area contributed by atoms with E-state index in [1.54, 1.807) is 6.92 Å². The van der Waals surface area contributed by atoms with Crippen molar-refractivity contribution in [3.8, 4) is 0 Å². The lowest BCUT2D eigenvalue weighted by molar-refractivity contribution is -0.210. The van der Waals surface area contributed by atoms with Crippen LogP contribution in [-0.2, 0) is 23.9 Å². The van der Waals surface area contributed by atoms with Gasteiger partial charge in [0.05, 0.1) is 24.0 Å². The molecule has 6 nitrogen and oxygen atoms in total. The van der Waals surface area contributed by atoms with E-state index in [-0.39, 0.29) is 41.1 Å². The topological polar surface area (TPSA) is 89.9 Å². The van der Waals surface area contributed by atoms with E-state index < -0.39 is 16.9 Å². The van der Waals surface area contributed by atoms with E-state index in [4.69, 9.17) is 9.47 Å². The smallest absolute Gasteiger partial charge is 0.309 e. The second-order valence-electron chi connectivity index (χ2n) is 10.4. The number of ether oxygens (including phenoxy) is 2. The average molecular weight is 407 g/mol. The number of rotatable bonds is 2. The quantitative estimate of drug-likeness (QED) is 0.709. The molecule has 0 radical (unpaired) electrons. The predicted octanol–water partition coefficient (Wildman–Crippen LogP) is 3.04. The van der Waals surface area contributed by atoms with Gasteiger partial charge in [-0.3, -0.25) is 14.4 Å². The number of carbonyl (C=O) groups excluding carboxylic acids is 3. The summed E-state index contributed by atoms with van der Waals surface area (Å²) < 4.78 is 10.5. The minimum Gasteiger partial charge on any atom is -0.469 e. The first-order chi connectivity index (χ1) is 13.6. The second kappa shape index (κ2) is 6.79. The van der Waals surface area contributed by atoms with E-state index in [0.29, 0.717) is 25.2 Å². The van der Waals surface area contributed by atoms with Crippen molar-refractivity contribution in [3.63, 3.8) is 0 Å². The van der Waals surface area contributed by atoms with Crippen LogP contribution in [0, 0.1) is 34.5 Å². The summed E-state index contributed by atoms with van der Waals surface area (Å²) in [5.41, 5.74) is -2.25. The number of hydrogen-bond acceptors (Lipinski definition) is 6. The molecule has 0 bridgehead atoms. The van der Waals surface area contributed by atoms with Crippen LogP contribution in [0.4, 0.5) is 0 Å². The van der Waals surface area contributed by atoms with Crippen molar-refractivity contribution >= 4 is 17.7 Å². The lowest BCUT2D eigenvalue weighted by Gasteiger charge is -2.62. The van der Waals surface area contributed by atoms with Gasteiger partial charge in [-0.25, -0.2) is 0 Å². The van der Waals surface area contributed by atoms with Gasteiger partial charge in [-0.15, -0.1) is 0 Å². The molecule has 4 saturated carbocycles. The summed E-state index contributed by atoms with van der Waals surface area (Å²) in [4.78, 5) is 37.3. The zero-order valence-electron chi connectivity index (χ0n) is 18.0. The number of Topliss-reactive ketones (excluding diaryl/α,β-unsaturated/α-hetero) is 1. The third-order valence-electron chi connectivity index (χ3n) is 9.47. The SMILES string of the molecule is COC(=O)[C@@H]1CC[C@]2(O)[C@H]3CC[C@H]4C[C@@H](OC(C)=O)CC[C@]4(C)[C@@H]3CC(=O)[C@@]12C. The molecule has 0 aromatic carbocycles. The number of esters is 2. The van der Waals surface area contributed by atoms with Crippen molar-refractivity contribution in [1.29, 1.82) is 0 Å². The van der Waals surface area contributed by atoms with E-state index in [9.17, 15) is 19.5 Å². The van der Waals surface area contributed by atoms with E-state index in [2.05, 4.69) is 6.92 Å². The molecule has 0 saturated heterocycles. The van der Waals surface area contributed by atoms with Gasteiger partial charge < -0.3 is 14.6 Å². The first kappa shape index (κ1) is 20.8. The van der Waals surface area contributed by atoms with Crippen LogP contribution in [0.5, 0.6) is 0 Å². The molecule has 6 heteroatoms. The largest absolute Gasteiger partial charge is 0.469 e. The van der Waals surface area contributed by atoms with Crippen LogP contribution in [0.15, 0.2) is 0 Å². The van der Waals surface area contributed by atoms with Crippen LogP contribution in [0.2, 0.25) is 0 Å². The van der Waals surface area contributed by atoms with Crippen LogP contribution >= 0.6 is 0 Å². The molecular weight excluding hydrogens is 372 g/mol. The Bertz CT molecular complexity index is 733. The Morgan fingerprint density at radius 2 is 1.79 bits per heavy atom. The zero-order valence-corrected chi connectivity index (χ0v) is 18.0. The summed E-state index contributed by atoms with van der Waals surface area (Å²) in [5, 5.41) is 11.9. The maximum atomic E-state index is 13.5. The van der Waals surface area contributed by atoms with Crippen molar-refractivity contribution < 1.29 is 29.0 Å². The Morgan fingerprint density at radius 1 is 1.07 bits per heavy atom. The number of methoxy groups -OCH3 is 1. The highest BCUT2D eigenvalue weighted by molar-refractivity contribution is 5.93.